The van der Waals surface area contributed by atoms with E-state index in [9.17, 15) is 4.79 Å². The average Bonchev–Trinajstić information content (AvgIpc) is 2.05. The van der Waals surface area contributed by atoms with E-state index < -0.39 is 5.97 Å². The van der Waals surface area contributed by atoms with Gasteiger partial charge in [-0.25, -0.2) is 4.79 Å². The van der Waals surface area contributed by atoms with Crippen LogP contribution in [0.3, 0.4) is 0 Å². The normalized spacial score (nSPS) is 29.2. The van der Waals surface area contributed by atoms with Gasteiger partial charge in [-0.2, -0.15) is 0 Å². The largest absolute Gasteiger partial charge is 0.478 e. The van der Waals surface area contributed by atoms with E-state index >= 15 is 0 Å². The summed E-state index contributed by atoms with van der Waals surface area (Å²) >= 11 is 0. The van der Waals surface area contributed by atoms with Crippen LogP contribution in [0.2, 0.25) is 0 Å². The Morgan fingerprint density at radius 3 is 2.83 bits per heavy atom. The lowest BCUT2D eigenvalue weighted by Gasteiger charge is -2.28. The minimum Gasteiger partial charge on any atom is -0.478 e. The van der Waals surface area contributed by atoms with Crippen molar-refractivity contribution in [1.82, 2.24) is 0 Å². The molecule has 1 N–H and O–H groups in total. The molecule has 0 bridgehead atoms. The summed E-state index contributed by atoms with van der Waals surface area (Å²) in [4.78, 5) is 10.6. The first-order chi connectivity index (χ1) is 5.57. The van der Waals surface area contributed by atoms with Crippen LogP contribution in [0.5, 0.6) is 0 Å². The van der Waals surface area contributed by atoms with Gasteiger partial charge in [0.05, 0.1) is 0 Å². The van der Waals surface area contributed by atoms with E-state index in [-0.39, 0.29) is 5.41 Å². The number of carbonyl (C=O) groups is 1. The van der Waals surface area contributed by atoms with Crippen LogP contribution < -0.4 is 0 Å². The highest BCUT2D eigenvalue weighted by molar-refractivity contribution is 5.86. The summed E-state index contributed by atoms with van der Waals surface area (Å²) in [6.45, 7) is 5.86. The zero-order chi connectivity index (χ0) is 9.19. The van der Waals surface area contributed by atoms with Crippen molar-refractivity contribution in [3.05, 3.63) is 24.3 Å². The standard InChI is InChI=1S/C10H14O2/c1-3-10(2)6-4-8(5-7-10)9(11)12/h3-4H,1,5-7H2,2H3,(H,11,12). The maximum Gasteiger partial charge on any atom is 0.331 e. The molecular weight excluding hydrogens is 152 g/mol. The van der Waals surface area contributed by atoms with E-state index in [1.54, 1.807) is 0 Å². The second-order valence-electron chi connectivity index (χ2n) is 3.60. The molecule has 0 fully saturated rings. The average molecular weight is 166 g/mol. The molecule has 0 saturated heterocycles. The third-order valence-electron chi connectivity index (χ3n) is 2.55. The molecule has 0 aromatic carbocycles. The van der Waals surface area contributed by atoms with Gasteiger partial charge in [-0.15, -0.1) is 6.58 Å². The first-order valence-electron chi connectivity index (χ1n) is 4.13. The molecule has 0 saturated carbocycles. The summed E-state index contributed by atoms with van der Waals surface area (Å²) in [5.41, 5.74) is 0.660. The number of hydrogen-bond acceptors (Lipinski definition) is 1. The highest BCUT2D eigenvalue weighted by Gasteiger charge is 2.25. The quantitative estimate of drug-likeness (QED) is 0.639. The van der Waals surface area contributed by atoms with Gasteiger partial charge in [-0.3, -0.25) is 0 Å². The molecule has 1 unspecified atom stereocenters. The Kier molecular flexibility index (Phi) is 2.36. The number of carboxylic acid groups (broad SMARTS) is 1. The monoisotopic (exact) mass is 166 g/mol. The lowest BCUT2D eigenvalue weighted by Crippen LogP contribution is -2.18. The fourth-order valence-electron chi connectivity index (χ4n) is 1.36. The fraction of sp³-hybridized carbons (Fsp3) is 0.500. The minimum atomic E-state index is -0.777. The summed E-state index contributed by atoms with van der Waals surface area (Å²) < 4.78 is 0. The Balaban J connectivity index is 2.70. The maximum atomic E-state index is 10.6. The highest BCUT2D eigenvalue weighted by Crippen LogP contribution is 2.35. The van der Waals surface area contributed by atoms with Crippen LogP contribution in [0.25, 0.3) is 0 Å². The molecule has 0 radical (unpaired) electrons. The van der Waals surface area contributed by atoms with E-state index in [0.29, 0.717) is 12.0 Å². The third-order valence-corrected chi connectivity index (χ3v) is 2.55. The summed E-state index contributed by atoms with van der Waals surface area (Å²) in [6.07, 6.45) is 6.10. The summed E-state index contributed by atoms with van der Waals surface area (Å²) in [6, 6.07) is 0. The predicted octanol–water partition coefficient (Wildman–Crippen LogP) is 2.37. The lowest BCUT2D eigenvalue weighted by atomic mass is 9.77. The number of hydrogen-bond donors (Lipinski definition) is 1. The Labute approximate surface area is 72.6 Å². The van der Waals surface area contributed by atoms with Crippen molar-refractivity contribution in [2.45, 2.75) is 26.2 Å². The Hall–Kier alpha value is -1.05. The minimum absolute atomic E-state index is 0.110. The van der Waals surface area contributed by atoms with Crippen LogP contribution in [-0.2, 0) is 4.79 Å². The van der Waals surface area contributed by atoms with Gasteiger partial charge in [0.25, 0.3) is 0 Å². The van der Waals surface area contributed by atoms with Crippen molar-refractivity contribution < 1.29 is 9.90 Å². The van der Waals surface area contributed by atoms with E-state index in [1.165, 1.54) is 0 Å². The van der Waals surface area contributed by atoms with E-state index in [2.05, 4.69) is 13.5 Å². The molecule has 2 heteroatoms. The zero-order valence-electron chi connectivity index (χ0n) is 7.34. The van der Waals surface area contributed by atoms with Gasteiger partial charge in [0.2, 0.25) is 0 Å². The van der Waals surface area contributed by atoms with E-state index in [0.717, 1.165) is 12.8 Å². The number of rotatable bonds is 2. The lowest BCUT2D eigenvalue weighted by molar-refractivity contribution is -0.133. The Bertz CT molecular complexity index is 240. The molecular formula is C10H14O2. The molecule has 0 amide bonds. The van der Waals surface area contributed by atoms with Gasteiger partial charge in [0, 0.05) is 5.57 Å². The molecule has 1 rings (SSSR count). The molecule has 66 valence electrons. The van der Waals surface area contributed by atoms with Crippen LogP contribution in [0.4, 0.5) is 0 Å². The van der Waals surface area contributed by atoms with Crippen molar-refractivity contribution in [2.75, 3.05) is 0 Å². The zero-order valence-corrected chi connectivity index (χ0v) is 7.34. The maximum absolute atomic E-state index is 10.6. The Morgan fingerprint density at radius 1 is 1.83 bits per heavy atom. The van der Waals surface area contributed by atoms with Crippen LogP contribution in [0.15, 0.2) is 24.3 Å². The van der Waals surface area contributed by atoms with Gasteiger partial charge in [0.1, 0.15) is 0 Å². The third kappa shape index (κ3) is 1.76. The van der Waals surface area contributed by atoms with Crippen molar-refractivity contribution >= 4 is 5.97 Å². The topological polar surface area (TPSA) is 37.3 Å². The number of aliphatic carboxylic acids is 1. The van der Waals surface area contributed by atoms with Gasteiger partial charge < -0.3 is 5.11 Å². The molecule has 0 spiro atoms. The molecule has 0 heterocycles. The molecule has 0 aromatic heterocycles. The number of carboxylic acids is 1. The van der Waals surface area contributed by atoms with Gasteiger partial charge in [-0.05, 0) is 24.7 Å². The van der Waals surface area contributed by atoms with Crippen LogP contribution in [-0.4, -0.2) is 11.1 Å². The van der Waals surface area contributed by atoms with Crippen LogP contribution in [0, 0.1) is 5.41 Å². The molecule has 0 aromatic rings. The van der Waals surface area contributed by atoms with Crippen LogP contribution in [0.1, 0.15) is 26.2 Å². The SMILES string of the molecule is C=CC1(C)CC=C(C(=O)O)CC1. The second kappa shape index (κ2) is 3.13. The first kappa shape index (κ1) is 9.04. The smallest absolute Gasteiger partial charge is 0.331 e. The predicted molar refractivity (Wildman–Crippen MR) is 47.9 cm³/mol. The van der Waals surface area contributed by atoms with Gasteiger partial charge >= 0.3 is 5.97 Å². The molecule has 1 aliphatic carbocycles. The molecule has 0 aliphatic heterocycles. The van der Waals surface area contributed by atoms with Gasteiger partial charge in [0.15, 0.2) is 0 Å². The van der Waals surface area contributed by atoms with Crippen molar-refractivity contribution in [3.63, 3.8) is 0 Å². The van der Waals surface area contributed by atoms with Gasteiger partial charge in [-0.1, -0.05) is 19.1 Å². The first-order valence-corrected chi connectivity index (χ1v) is 4.13. The summed E-state index contributed by atoms with van der Waals surface area (Å²) in [5, 5.41) is 8.69. The summed E-state index contributed by atoms with van der Waals surface area (Å²) in [7, 11) is 0. The Morgan fingerprint density at radius 2 is 2.50 bits per heavy atom. The molecule has 12 heavy (non-hydrogen) atoms. The van der Waals surface area contributed by atoms with E-state index in [4.69, 9.17) is 5.11 Å². The highest BCUT2D eigenvalue weighted by atomic mass is 16.4. The van der Waals surface area contributed by atoms with Crippen LogP contribution >= 0.6 is 0 Å². The molecule has 1 atom stereocenters. The molecule has 1 aliphatic rings. The van der Waals surface area contributed by atoms with Crippen molar-refractivity contribution in [2.24, 2.45) is 5.41 Å². The van der Waals surface area contributed by atoms with Crippen molar-refractivity contribution in [3.8, 4) is 0 Å². The fourth-order valence-corrected chi connectivity index (χ4v) is 1.36. The second-order valence-corrected chi connectivity index (χ2v) is 3.60. The van der Waals surface area contributed by atoms with Crippen molar-refractivity contribution in [1.29, 1.82) is 0 Å². The summed E-state index contributed by atoms with van der Waals surface area (Å²) in [5.74, 6) is -0.777. The number of allylic oxidation sites excluding steroid dienone is 2. The molecule has 2 nitrogen and oxygen atoms in total. The van der Waals surface area contributed by atoms with E-state index in [1.807, 2.05) is 12.2 Å².